The molecule has 4 amide bonds. The van der Waals surface area contributed by atoms with Crippen LogP contribution in [0, 0.1) is 5.92 Å². The van der Waals surface area contributed by atoms with Crippen LogP contribution in [0.1, 0.15) is 78.0 Å². The van der Waals surface area contributed by atoms with E-state index in [1.807, 2.05) is 65.6 Å². The molecule has 1 aromatic heterocycles. The topological polar surface area (TPSA) is 126 Å². The van der Waals surface area contributed by atoms with Gasteiger partial charge in [-0.05, 0) is 77.3 Å². The number of anilines is 1. The number of aromatic nitrogens is 2. The Morgan fingerprint density at radius 3 is 2.21 bits per heavy atom. The van der Waals surface area contributed by atoms with Gasteiger partial charge in [-0.1, -0.05) is 67.6 Å². The van der Waals surface area contributed by atoms with Crippen LogP contribution < -0.4 is 10.6 Å². The van der Waals surface area contributed by atoms with E-state index in [0.717, 1.165) is 29.0 Å². The third-order valence-corrected chi connectivity index (χ3v) is 8.36. The zero-order valence-electron chi connectivity index (χ0n) is 28.3. The van der Waals surface area contributed by atoms with Crippen LogP contribution in [0.2, 0.25) is 0 Å². The highest BCUT2D eigenvalue weighted by atomic mass is 16.7. The monoisotopic (exact) mass is 644 g/mol. The second-order valence-corrected chi connectivity index (χ2v) is 13.8. The molecule has 1 aliphatic rings. The third kappa shape index (κ3) is 9.51. The number of amides is 4. The number of likely N-dealkylation sites (tertiary alicyclic amines) is 1. The van der Waals surface area contributed by atoms with Gasteiger partial charge in [-0.2, -0.15) is 0 Å². The number of hydroxylamine groups is 2. The Kier molecular flexibility index (Phi) is 11.6. The van der Waals surface area contributed by atoms with Gasteiger partial charge in [-0.15, -0.1) is 0 Å². The van der Waals surface area contributed by atoms with E-state index >= 15 is 0 Å². The molecule has 2 atom stereocenters. The highest BCUT2D eigenvalue weighted by molar-refractivity contribution is 5.98. The molecule has 1 unspecified atom stereocenters. The summed E-state index contributed by atoms with van der Waals surface area (Å²) in [6, 6.07) is 17.6. The molecule has 11 heteroatoms. The fraction of sp³-hybridized carbons (Fsp3) is 0.472. The molecule has 0 aliphatic carbocycles. The third-order valence-electron chi connectivity index (χ3n) is 8.36. The lowest BCUT2D eigenvalue weighted by molar-refractivity contribution is -0.247. The Bertz CT molecular complexity index is 1490. The van der Waals surface area contributed by atoms with Gasteiger partial charge in [0.25, 0.3) is 0 Å². The Morgan fingerprint density at radius 1 is 1.00 bits per heavy atom. The van der Waals surface area contributed by atoms with Crippen LogP contribution in [0.25, 0.3) is 0 Å². The quantitative estimate of drug-likeness (QED) is 0.204. The molecule has 47 heavy (non-hydrogen) atoms. The van der Waals surface area contributed by atoms with Crippen LogP contribution in [-0.2, 0) is 30.4 Å². The van der Waals surface area contributed by atoms with Crippen molar-refractivity contribution in [1.82, 2.24) is 24.8 Å². The van der Waals surface area contributed by atoms with Gasteiger partial charge in [-0.3, -0.25) is 24.0 Å². The van der Waals surface area contributed by atoms with E-state index in [0.29, 0.717) is 31.8 Å². The highest BCUT2D eigenvalue weighted by Gasteiger charge is 2.39. The van der Waals surface area contributed by atoms with Crippen molar-refractivity contribution in [3.63, 3.8) is 0 Å². The summed E-state index contributed by atoms with van der Waals surface area (Å²) in [5.41, 5.74) is -0.326. The van der Waals surface area contributed by atoms with Gasteiger partial charge in [0.05, 0.1) is 11.9 Å². The van der Waals surface area contributed by atoms with Crippen LogP contribution in [0.5, 0.6) is 0 Å². The Labute approximate surface area is 277 Å². The molecule has 252 valence electrons. The fourth-order valence-corrected chi connectivity index (χ4v) is 5.46. The van der Waals surface area contributed by atoms with E-state index in [-0.39, 0.29) is 18.1 Å². The van der Waals surface area contributed by atoms with Crippen LogP contribution >= 0.6 is 0 Å². The summed E-state index contributed by atoms with van der Waals surface area (Å²) < 4.78 is 1.72. The fourth-order valence-electron chi connectivity index (χ4n) is 5.46. The number of hydrogen-bond donors (Lipinski definition) is 2. The number of imidazole rings is 1. The molecular formula is C36H48N6O5. The van der Waals surface area contributed by atoms with E-state index in [2.05, 4.69) is 22.5 Å². The number of benzene rings is 2. The molecule has 0 spiro atoms. The zero-order chi connectivity index (χ0) is 34.2. The molecule has 0 saturated carbocycles. The lowest BCUT2D eigenvalue weighted by Gasteiger charge is -2.37. The second kappa shape index (κ2) is 15.4. The predicted molar refractivity (Wildman–Crippen MR) is 180 cm³/mol. The van der Waals surface area contributed by atoms with Crippen LogP contribution in [0.4, 0.5) is 5.82 Å². The molecule has 1 fully saturated rings. The average molecular weight is 645 g/mol. The van der Waals surface area contributed by atoms with Crippen molar-refractivity contribution >= 4 is 29.9 Å². The van der Waals surface area contributed by atoms with E-state index in [1.54, 1.807) is 51.7 Å². The predicted octanol–water partition coefficient (Wildman–Crippen LogP) is 4.75. The SMILES string of the molecule is CC1CCN(C(=O)C(c2ccccc2)n2cnc(NC(=O)[C@@H](CCc3ccccc3)NC(=O)C(C)(C)N(C=O)OC(C)(C)C)c2)CC1. The minimum Gasteiger partial charge on any atom is -0.342 e. The Morgan fingerprint density at radius 2 is 1.62 bits per heavy atom. The number of carbonyl (C=O) groups excluding carboxylic acids is 4. The standard InChI is InChI=1S/C36H48N6O5/c1-26-19-21-40(22-20-26)33(45)31(28-15-11-8-12-16-28)41-23-30(37-24-41)39-32(44)29(18-17-27-13-9-7-10-14-27)38-34(46)36(5,6)42(25-43)47-35(2,3)4/h7-16,23-26,29,31H,17-22H2,1-6H3,(H,38,46)(H,39,44)/t29-,31?/m1/s1. The van der Waals surface area contributed by atoms with Gasteiger partial charge < -0.3 is 20.1 Å². The van der Waals surface area contributed by atoms with Gasteiger partial charge in [0, 0.05) is 19.3 Å². The Hall–Kier alpha value is -4.51. The van der Waals surface area contributed by atoms with Gasteiger partial charge in [0.2, 0.25) is 24.1 Å². The molecule has 4 rings (SSSR count). The summed E-state index contributed by atoms with van der Waals surface area (Å²) in [5.74, 6) is -0.223. The maximum atomic E-state index is 13.9. The zero-order valence-corrected chi connectivity index (χ0v) is 28.3. The molecule has 2 heterocycles. The minimum atomic E-state index is -1.42. The first kappa shape index (κ1) is 35.3. The molecule has 2 aromatic carbocycles. The molecule has 2 N–H and O–H groups in total. The average Bonchev–Trinajstić information content (AvgIpc) is 3.50. The maximum Gasteiger partial charge on any atom is 0.250 e. The van der Waals surface area contributed by atoms with Crippen molar-refractivity contribution in [2.45, 2.75) is 90.4 Å². The lowest BCUT2D eigenvalue weighted by Crippen LogP contribution is -2.59. The van der Waals surface area contributed by atoms with Crippen LogP contribution in [0.3, 0.4) is 0 Å². The molecule has 0 bridgehead atoms. The van der Waals surface area contributed by atoms with Gasteiger partial charge in [0.1, 0.15) is 17.6 Å². The lowest BCUT2D eigenvalue weighted by atomic mass is 9.97. The summed E-state index contributed by atoms with van der Waals surface area (Å²) in [7, 11) is 0. The number of nitrogens with one attached hydrogen (secondary N) is 2. The van der Waals surface area contributed by atoms with Crippen molar-refractivity contribution in [3.8, 4) is 0 Å². The number of piperidine rings is 1. The van der Waals surface area contributed by atoms with E-state index < -0.39 is 35.0 Å². The summed E-state index contributed by atoms with van der Waals surface area (Å²) in [5, 5.41) is 6.66. The molecule has 1 aliphatic heterocycles. The molecule has 0 radical (unpaired) electrons. The van der Waals surface area contributed by atoms with Gasteiger partial charge >= 0.3 is 0 Å². The maximum absolute atomic E-state index is 13.9. The van der Waals surface area contributed by atoms with Gasteiger partial charge in [0.15, 0.2) is 5.82 Å². The van der Waals surface area contributed by atoms with Crippen molar-refractivity contribution in [2.24, 2.45) is 5.92 Å². The van der Waals surface area contributed by atoms with E-state index in [1.165, 1.54) is 0 Å². The van der Waals surface area contributed by atoms with E-state index in [9.17, 15) is 19.2 Å². The molecule has 3 aromatic rings. The van der Waals surface area contributed by atoms with Crippen molar-refractivity contribution in [3.05, 3.63) is 84.3 Å². The molecule has 11 nitrogen and oxygen atoms in total. The largest absolute Gasteiger partial charge is 0.342 e. The summed E-state index contributed by atoms with van der Waals surface area (Å²) in [6.07, 6.45) is 6.37. The highest BCUT2D eigenvalue weighted by Crippen LogP contribution is 2.26. The first-order valence-electron chi connectivity index (χ1n) is 16.2. The van der Waals surface area contributed by atoms with E-state index in [4.69, 9.17) is 4.84 Å². The first-order chi connectivity index (χ1) is 22.3. The van der Waals surface area contributed by atoms with Crippen LogP contribution in [-0.4, -0.2) is 73.9 Å². The number of nitrogens with zero attached hydrogens (tertiary/aromatic N) is 4. The Balaban J connectivity index is 1.55. The smallest absolute Gasteiger partial charge is 0.250 e. The van der Waals surface area contributed by atoms with Crippen molar-refractivity contribution in [2.75, 3.05) is 18.4 Å². The first-order valence-corrected chi connectivity index (χ1v) is 16.2. The number of hydrogen-bond acceptors (Lipinski definition) is 6. The number of rotatable bonds is 13. The minimum absolute atomic E-state index is 0.0224. The number of aryl methyl sites for hydroxylation is 1. The van der Waals surface area contributed by atoms with Crippen molar-refractivity contribution in [1.29, 1.82) is 0 Å². The van der Waals surface area contributed by atoms with Crippen LogP contribution in [0.15, 0.2) is 73.2 Å². The second-order valence-electron chi connectivity index (χ2n) is 13.8. The molecule has 1 saturated heterocycles. The molecular weight excluding hydrogens is 596 g/mol. The summed E-state index contributed by atoms with van der Waals surface area (Å²) in [6.45, 7) is 12.0. The summed E-state index contributed by atoms with van der Waals surface area (Å²) in [4.78, 5) is 65.2. The normalized spacial score (nSPS) is 15.4. The summed E-state index contributed by atoms with van der Waals surface area (Å²) >= 11 is 0. The van der Waals surface area contributed by atoms with Crippen molar-refractivity contribution < 1.29 is 24.0 Å². The van der Waals surface area contributed by atoms with Gasteiger partial charge in [-0.25, -0.2) is 10.0 Å². The number of carbonyl (C=O) groups is 4.